The van der Waals surface area contributed by atoms with Crippen molar-refractivity contribution in [1.29, 1.82) is 0 Å². The van der Waals surface area contributed by atoms with Crippen molar-refractivity contribution in [2.24, 2.45) is 0 Å². The fourth-order valence-electron chi connectivity index (χ4n) is 2.14. The van der Waals surface area contributed by atoms with Crippen LogP contribution in [-0.4, -0.2) is 31.2 Å². The smallest absolute Gasteiger partial charge is 0.384 e. The van der Waals surface area contributed by atoms with E-state index in [-0.39, 0.29) is 6.54 Å². The molecule has 18 heavy (non-hydrogen) atoms. The van der Waals surface area contributed by atoms with Crippen molar-refractivity contribution >= 4 is 5.69 Å². The second kappa shape index (κ2) is 5.18. The van der Waals surface area contributed by atoms with Gasteiger partial charge in [-0.3, -0.25) is 0 Å². The number of nitrogens with zero attached hydrogens (tertiary/aromatic N) is 1. The minimum absolute atomic E-state index is 0.0357. The lowest BCUT2D eigenvalue weighted by molar-refractivity contribution is -0.137. The van der Waals surface area contributed by atoms with Crippen LogP contribution in [0.3, 0.4) is 0 Å². The van der Waals surface area contributed by atoms with Gasteiger partial charge in [0.05, 0.1) is 6.42 Å². The molecule has 0 unspecified atom stereocenters. The first kappa shape index (κ1) is 13.2. The third-order valence-corrected chi connectivity index (χ3v) is 3.11. The van der Waals surface area contributed by atoms with Gasteiger partial charge < -0.3 is 10.2 Å². The zero-order valence-electron chi connectivity index (χ0n) is 10.3. The van der Waals surface area contributed by atoms with Gasteiger partial charge in [0.25, 0.3) is 0 Å². The summed E-state index contributed by atoms with van der Waals surface area (Å²) in [4.78, 5) is 1.70. The highest BCUT2D eigenvalue weighted by Crippen LogP contribution is 2.24. The maximum Gasteiger partial charge on any atom is 0.390 e. The summed E-state index contributed by atoms with van der Waals surface area (Å²) in [6.07, 6.45) is -3.81. The molecule has 0 spiro atoms. The van der Waals surface area contributed by atoms with Crippen LogP contribution in [0.25, 0.3) is 0 Å². The van der Waals surface area contributed by atoms with Gasteiger partial charge in [0.2, 0.25) is 0 Å². The lowest BCUT2D eigenvalue weighted by Gasteiger charge is -2.18. The fraction of sp³-hybridized carbons (Fsp3) is 0.538. The molecule has 0 aromatic heterocycles. The predicted octanol–water partition coefficient (Wildman–Crippen LogP) is 3.04. The quantitative estimate of drug-likeness (QED) is 0.893. The molecule has 0 amide bonds. The summed E-state index contributed by atoms with van der Waals surface area (Å²) < 4.78 is 36.3. The Labute approximate surface area is 105 Å². The molecule has 0 radical (unpaired) electrons. The van der Waals surface area contributed by atoms with Crippen LogP contribution >= 0.6 is 0 Å². The molecule has 1 N–H and O–H groups in total. The van der Waals surface area contributed by atoms with Crippen molar-refractivity contribution in [3.63, 3.8) is 0 Å². The number of anilines is 1. The Morgan fingerprint density at radius 2 is 2.11 bits per heavy atom. The molecule has 2 rings (SSSR count). The second-order valence-corrected chi connectivity index (χ2v) is 4.77. The van der Waals surface area contributed by atoms with Crippen LogP contribution in [0.4, 0.5) is 18.9 Å². The number of hydrogen-bond donors (Lipinski definition) is 1. The topological polar surface area (TPSA) is 15.3 Å². The van der Waals surface area contributed by atoms with Gasteiger partial charge in [-0.1, -0.05) is 12.1 Å². The Hall–Kier alpha value is -1.23. The molecule has 2 nitrogen and oxygen atoms in total. The maximum absolute atomic E-state index is 12.1. The van der Waals surface area contributed by atoms with Gasteiger partial charge in [-0.05, 0) is 30.7 Å². The predicted molar refractivity (Wildman–Crippen MR) is 65.6 cm³/mol. The monoisotopic (exact) mass is 258 g/mol. The molecule has 100 valence electrons. The average Bonchev–Trinajstić information content (AvgIpc) is 2.72. The highest BCUT2D eigenvalue weighted by molar-refractivity contribution is 5.56. The van der Waals surface area contributed by atoms with E-state index >= 15 is 0 Å². The van der Waals surface area contributed by atoms with Gasteiger partial charge in [0, 0.05) is 25.3 Å². The van der Waals surface area contributed by atoms with E-state index in [4.69, 9.17) is 0 Å². The first-order valence-corrected chi connectivity index (χ1v) is 6.05. The molecule has 1 aromatic carbocycles. The third-order valence-electron chi connectivity index (χ3n) is 3.11. The molecule has 1 aliphatic rings. The van der Waals surface area contributed by atoms with Gasteiger partial charge in [-0.2, -0.15) is 13.2 Å². The lowest BCUT2D eigenvalue weighted by Crippen LogP contribution is -2.24. The van der Waals surface area contributed by atoms with Crippen molar-refractivity contribution in [3.8, 4) is 0 Å². The highest BCUT2D eigenvalue weighted by Gasteiger charge is 2.27. The van der Waals surface area contributed by atoms with Crippen molar-refractivity contribution in [1.82, 2.24) is 4.90 Å². The highest BCUT2D eigenvalue weighted by atomic mass is 19.4. The van der Waals surface area contributed by atoms with E-state index in [1.165, 1.54) is 5.56 Å². The van der Waals surface area contributed by atoms with Crippen LogP contribution in [-0.2, 0) is 13.0 Å². The Morgan fingerprint density at radius 3 is 2.83 bits per heavy atom. The first-order chi connectivity index (χ1) is 8.44. The number of alkyl halides is 3. The van der Waals surface area contributed by atoms with E-state index in [1.54, 1.807) is 11.9 Å². The molecule has 0 saturated carbocycles. The largest absolute Gasteiger partial charge is 0.390 e. The Bertz CT molecular complexity index is 415. The minimum Gasteiger partial charge on any atom is -0.384 e. The molecule has 0 saturated heterocycles. The summed E-state index contributed by atoms with van der Waals surface area (Å²) in [5.41, 5.74) is 3.46. The van der Waals surface area contributed by atoms with Crippen LogP contribution in [0.15, 0.2) is 18.2 Å². The lowest BCUT2D eigenvalue weighted by atomic mass is 10.1. The first-order valence-electron chi connectivity index (χ1n) is 6.05. The summed E-state index contributed by atoms with van der Waals surface area (Å²) in [7, 11) is 1.71. The Morgan fingerprint density at radius 1 is 1.33 bits per heavy atom. The molecule has 1 aromatic rings. The van der Waals surface area contributed by atoms with Crippen molar-refractivity contribution in [2.75, 3.05) is 25.5 Å². The zero-order valence-corrected chi connectivity index (χ0v) is 10.3. The Kier molecular flexibility index (Phi) is 3.80. The third kappa shape index (κ3) is 3.63. The number of fused-ring (bicyclic) bond motifs is 1. The normalized spacial score (nSPS) is 14.7. The van der Waals surface area contributed by atoms with E-state index in [2.05, 4.69) is 11.4 Å². The molecular weight excluding hydrogens is 241 g/mol. The SMILES string of the molecule is CN(CCC(F)(F)F)Cc1ccc2c(c1)NCC2. The minimum atomic E-state index is -4.08. The van der Waals surface area contributed by atoms with E-state index in [9.17, 15) is 13.2 Å². The standard InChI is InChI=1S/C13H17F3N2/c1-18(7-5-13(14,15)16)9-10-2-3-11-4-6-17-12(11)8-10/h2-3,8,17H,4-7,9H2,1H3. The molecule has 1 aliphatic heterocycles. The number of halogens is 3. The summed E-state index contributed by atoms with van der Waals surface area (Å²) in [5, 5.41) is 3.27. The van der Waals surface area contributed by atoms with E-state index in [0.717, 1.165) is 24.2 Å². The number of rotatable bonds is 4. The summed E-state index contributed by atoms with van der Waals surface area (Å²) in [6.45, 7) is 1.53. The molecule has 1 heterocycles. The van der Waals surface area contributed by atoms with Crippen LogP contribution in [0.5, 0.6) is 0 Å². The molecule has 0 aliphatic carbocycles. The zero-order chi connectivity index (χ0) is 13.2. The van der Waals surface area contributed by atoms with Crippen LogP contribution in [0, 0.1) is 0 Å². The molecular formula is C13H17F3N2. The van der Waals surface area contributed by atoms with Crippen LogP contribution < -0.4 is 5.32 Å². The molecule has 5 heteroatoms. The fourth-order valence-corrected chi connectivity index (χ4v) is 2.14. The van der Waals surface area contributed by atoms with Crippen molar-refractivity contribution < 1.29 is 13.2 Å². The molecule has 0 atom stereocenters. The summed E-state index contributed by atoms with van der Waals surface area (Å²) >= 11 is 0. The van der Waals surface area contributed by atoms with Crippen molar-refractivity contribution in [3.05, 3.63) is 29.3 Å². The van der Waals surface area contributed by atoms with Gasteiger partial charge in [0.15, 0.2) is 0 Å². The summed E-state index contributed by atoms with van der Waals surface area (Å²) in [5.74, 6) is 0. The van der Waals surface area contributed by atoms with E-state index in [0.29, 0.717) is 6.54 Å². The average molecular weight is 258 g/mol. The number of benzene rings is 1. The second-order valence-electron chi connectivity index (χ2n) is 4.77. The van der Waals surface area contributed by atoms with Crippen LogP contribution in [0.1, 0.15) is 17.5 Å². The molecule has 0 bridgehead atoms. The van der Waals surface area contributed by atoms with E-state index in [1.807, 2.05) is 12.1 Å². The van der Waals surface area contributed by atoms with E-state index < -0.39 is 12.6 Å². The van der Waals surface area contributed by atoms with Crippen molar-refractivity contribution in [2.45, 2.75) is 25.6 Å². The Balaban J connectivity index is 1.89. The summed E-state index contributed by atoms with van der Waals surface area (Å²) in [6, 6.07) is 6.09. The number of hydrogen-bond acceptors (Lipinski definition) is 2. The molecule has 0 fully saturated rings. The maximum atomic E-state index is 12.1. The number of nitrogens with one attached hydrogen (secondary N) is 1. The van der Waals surface area contributed by atoms with Crippen LogP contribution in [0.2, 0.25) is 0 Å². The van der Waals surface area contributed by atoms with Gasteiger partial charge in [-0.25, -0.2) is 0 Å². The van der Waals surface area contributed by atoms with Gasteiger partial charge >= 0.3 is 6.18 Å². The van der Waals surface area contributed by atoms with Gasteiger partial charge in [-0.15, -0.1) is 0 Å². The van der Waals surface area contributed by atoms with Gasteiger partial charge in [0.1, 0.15) is 0 Å².